The topological polar surface area (TPSA) is 69.6 Å². The van der Waals surface area contributed by atoms with Crippen molar-refractivity contribution in [2.75, 3.05) is 6.54 Å². The van der Waals surface area contributed by atoms with Crippen LogP contribution in [-0.2, 0) is 4.79 Å². The Balaban J connectivity index is 2.01. The number of benzene rings is 1. The average Bonchev–Trinajstić information content (AvgIpc) is 2.84. The lowest BCUT2D eigenvalue weighted by Gasteiger charge is -2.24. The fourth-order valence-electron chi connectivity index (χ4n) is 2.48. The van der Waals surface area contributed by atoms with Crippen LogP contribution in [0.5, 0.6) is 0 Å². The normalized spacial score (nSPS) is 24.3. The van der Waals surface area contributed by atoms with E-state index in [2.05, 4.69) is 17.9 Å². The van der Waals surface area contributed by atoms with E-state index in [0.29, 0.717) is 18.5 Å². The Bertz CT molecular complexity index is 492. The highest BCUT2D eigenvalue weighted by Crippen LogP contribution is 2.22. The molecule has 6 heteroatoms. The second-order valence-electron chi connectivity index (χ2n) is 4.95. The van der Waals surface area contributed by atoms with Gasteiger partial charge >= 0.3 is 5.97 Å². The van der Waals surface area contributed by atoms with E-state index in [-0.39, 0.29) is 17.3 Å². The summed E-state index contributed by atoms with van der Waals surface area (Å²) in [5.74, 6) is -1.05. The molecule has 1 fully saturated rings. The number of aliphatic carboxylic acids is 1. The van der Waals surface area contributed by atoms with E-state index in [1.807, 2.05) is 13.0 Å². The maximum atomic E-state index is 12.1. The number of rotatable bonds is 4. The summed E-state index contributed by atoms with van der Waals surface area (Å²) in [6.45, 7) is 2.33. The molecule has 20 heavy (non-hydrogen) atoms. The Morgan fingerprint density at radius 2 is 2.05 bits per heavy atom. The fraction of sp³-hybridized carbons (Fsp3) is 0.429. The van der Waals surface area contributed by atoms with Crippen molar-refractivity contribution >= 4 is 24.5 Å². The van der Waals surface area contributed by atoms with Crippen LogP contribution in [0.1, 0.15) is 23.7 Å². The molecule has 2 unspecified atom stereocenters. The SMILES string of the molecule is CC(S)N1C[C@H](NC(=O)c2ccccc2)CC1C(=O)O. The monoisotopic (exact) mass is 294 g/mol. The quantitative estimate of drug-likeness (QED) is 0.730. The number of hydrogen-bond acceptors (Lipinski definition) is 4. The van der Waals surface area contributed by atoms with Crippen molar-refractivity contribution in [3.63, 3.8) is 0 Å². The largest absolute Gasteiger partial charge is 0.480 e. The van der Waals surface area contributed by atoms with Gasteiger partial charge in [0.25, 0.3) is 5.91 Å². The number of likely N-dealkylation sites (tertiary alicyclic amines) is 1. The van der Waals surface area contributed by atoms with E-state index in [1.54, 1.807) is 29.2 Å². The van der Waals surface area contributed by atoms with E-state index in [0.717, 1.165) is 0 Å². The second kappa shape index (κ2) is 6.28. The third-order valence-electron chi connectivity index (χ3n) is 3.48. The van der Waals surface area contributed by atoms with Crippen LogP contribution in [0.15, 0.2) is 30.3 Å². The first-order valence-electron chi connectivity index (χ1n) is 6.51. The van der Waals surface area contributed by atoms with Crippen LogP contribution in [0.4, 0.5) is 0 Å². The van der Waals surface area contributed by atoms with Crippen molar-refractivity contribution in [2.45, 2.75) is 30.8 Å². The number of carbonyl (C=O) groups is 2. The lowest BCUT2D eigenvalue weighted by Crippen LogP contribution is -2.40. The minimum Gasteiger partial charge on any atom is -0.480 e. The third kappa shape index (κ3) is 3.32. The van der Waals surface area contributed by atoms with Crippen LogP contribution in [0.2, 0.25) is 0 Å². The van der Waals surface area contributed by atoms with Crippen LogP contribution in [-0.4, -0.2) is 45.9 Å². The number of amides is 1. The molecule has 1 amide bonds. The van der Waals surface area contributed by atoms with Crippen LogP contribution in [0.25, 0.3) is 0 Å². The van der Waals surface area contributed by atoms with Gasteiger partial charge in [0.05, 0.1) is 5.37 Å². The summed E-state index contributed by atoms with van der Waals surface area (Å²) >= 11 is 4.30. The molecule has 0 aliphatic carbocycles. The van der Waals surface area contributed by atoms with Gasteiger partial charge in [0.15, 0.2) is 0 Å². The van der Waals surface area contributed by atoms with Gasteiger partial charge in [0.2, 0.25) is 0 Å². The summed E-state index contributed by atoms with van der Waals surface area (Å²) in [6.07, 6.45) is 0.402. The van der Waals surface area contributed by atoms with E-state index in [1.165, 1.54) is 0 Å². The van der Waals surface area contributed by atoms with Crippen molar-refractivity contribution in [1.29, 1.82) is 0 Å². The zero-order valence-electron chi connectivity index (χ0n) is 11.2. The van der Waals surface area contributed by atoms with Crippen molar-refractivity contribution in [2.24, 2.45) is 0 Å². The van der Waals surface area contributed by atoms with Gasteiger partial charge in [-0.1, -0.05) is 18.2 Å². The van der Waals surface area contributed by atoms with Crippen LogP contribution < -0.4 is 5.32 Å². The Hall–Kier alpha value is -1.53. The Morgan fingerprint density at radius 3 is 2.55 bits per heavy atom. The Labute approximate surface area is 123 Å². The highest BCUT2D eigenvalue weighted by Gasteiger charge is 2.38. The maximum absolute atomic E-state index is 12.1. The molecule has 2 N–H and O–H groups in total. The van der Waals surface area contributed by atoms with Gasteiger partial charge in [-0.25, -0.2) is 0 Å². The van der Waals surface area contributed by atoms with Crippen LogP contribution in [0.3, 0.4) is 0 Å². The summed E-state index contributed by atoms with van der Waals surface area (Å²) in [5, 5.41) is 11.9. The average molecular weight is 294 g/mol. The zero-order chi connectivity index (χ0) is 14.7. The molecule has 1 aliphatic heterocycles. The minimum atomic E-state index is -0.873. The van der Waals surface area contributed by atoms with Crippen LogP contribution in [0, 0.1) is 0 Å². The summed E-state index contributed by atoms with van der Waals surface area (Å²) < 4.78 is 0. The molecule has 108 valence electrons. The fourth-order valence-corrected chi connectivity index (χ4v) is 2.73. The lowest BCUT2D eigenvalue weighted by molar-refractivity contribution is -0.142. The number of nitrogens with one attached hydrogen (secondary N) is 1. The third-order valence-corrected chi connectivity index (χ3v) is 3.77. The number of carbonyl (C=O) groups excluding carboxylic acids is 1. The number of thiol groups is 1. The molecule has 5 nitrogen and oxygen atoms in total. The highest BCUT2D eigenvalue weighted by atomic mass is 32.1. The smallest absolute Gasteiger partial charge is 0.321 e. The van der Waals surface area contributed by atoms with E-state index in [4.69, 9.17) is 0 Å². The molecule has 2 rings (SSSR count). The van der Waals surface area contributed by atoms with Gasteiger partial charge in [-0.15, -0.1) is 0 Å². The van der Waals surface area contributed by atoms with Gasteiger partial charge in [0, 0.05) is 18.2 Å². The van der Waals surface area contributed by atoms with Crippen molar-refractivity contribution < 1.29 is 14.7 Å². The van der Waals surface area contributed by atoms with Gasteiger partial charge < -0.3 is 10.4 Å². The standard InChI is InChI=1S/C14H18N2O3S/c1-9(20)16-8-11(7-12(16)14(18)19)15-13(17)10-5-3-2-4-6-10/h2-6,9,11-12,20H,7-8H2,1H3,(H,15,17)(H,18,19)/t9?,11-,12?/m1/s1. The van der Waals surface area contributed by atoms with E-state index in [9.17, 15) is 14.7 Å². The van der Waals surface area contributed by atoms with Gasteiger partial charge in [-0.2, -0.15) is 12.6 Å². The highest BCUT2D eigenvalue weighted by molar-refractivity contribution is 7.80. The molecule has 0 spiro atoms. The summed E-state index contributed by atoms with van der Waals surface area (Å²) in [4.78, 5) is 25.1. The molecule has 1 aliphatic rings. The molecule has 0 aromatic heterocycles. The Kier molecular flexibility index (Phi) is 4.67. The summed E-state index contributed by atoms with van der Waals surface area (Å²) in [7, 11) is 0. The first kappa shape index (κ1) is 14.9. The van der Waals surface area contributed by atoms with Gasteiger partial charge in [-0.3, -0.25) is 14.5 Å². The number of hydrogen-bond donors (Lipinski definition) is 3. The molecule has 1 heterocycles. The molecule has 0 saturated carbocycles. The van der Waals surface area contributed by atoms with E-state index >= 15 is 0 Å². The summed E-state index contributed by atoms with van der Waals surface area (Å²) in [6, 6.07) is 8.15. The second-order valence-corrected chi connectivity index (χ2v) is 5.70. The molecule has 3 atom stereocenters. The van der Waals surface area contributed by atoms with Crippen molar-refractivity contribution in [1.82, 2.24) is 10.2 Å². The number of carboxylic acid groups (broad SMARTS) is 1. The number of carboxylic acids is 1. The Morgan fingerprint density at radius 1 is 1.40 bits per heavy atom. The molecule has 0 bridgehead atoms. The van der Waals surface area contributed by atoms with Crippen LogP contribution >= 0.6 is 12.6 Å². The number of nitrogens with zero attached hydrogens (tertiary/aromatic N) is 1. The predicted octanol–water partition coefficient (Wildman–Crippen LogP) is 1.22. The van der Waals surface area contributed by atoms with Crippen molar-refractivity contribution in [3.05, 3.63) is 35.9 Å². The first-order valence-corrected chi connectivity index (χ1v) is 7.03. The zero-order valence-corrected chi connectivity index (χ0v) is 12.1. The molecule has 1 aromatic carbocycles. The van der Waals surface area contributed by atoms with Gasteiger partial charge in [-0.05, 0) is 25.5 Å². The molecule has 0 radical (unpaired) electrons. The summed E-state index contributed by atoms with van der Waals surface area (Å²) in [5.41, 5.74) is 0.580. The molecular formula is C14H18N2O3S. The minimum absolute atomic E-state index is 0.158. The van der Waals surface area contributed by atoms with Gasteiger partial charge in [0.1, 0.15) is 6.04 Å². The lowest BCUT2D eigenvalue weighted by atomic mass is 10.1. The molecule has 1 saturated heterocycles. The molecular weight excluding hydrogens is 276 g/mol. The van der Waals surface area contributed by atoms with E-state index < -0.39 is 12.0 Å². The first-order chi connectivity index (χ1) is 9.49. The molecule has 1 aromatic rings. The van der Waals surface area contributed by atoms with Crippen molar-refractivity contribution in [3.8, 4) is 0 Å². The predicted molar refractivity (Wildman–Crippen MR) is 78.9 cm³/mol. The maximum Gasteiger partial charge on any atom is 0.321 e.